The highest BCUT2D eigenvalue weighted by molar-refractivity contribution is 6.30. The molecule has 3 aromatic carbocycles. The molecule has 1 amide bonds. The summed E-state index contributed by atoms with van der Waals surface area (Å²) in [4.78, 5) is 72.1. The number of hydrogen-bond acceptors (Lipinski definition) is 9. The normalized spacial score (nSPS) is 11.8. The predicted molar refractivity (Wildman–Crippen MR) is 123 cm³/mol. The molecule has 0 radical (unpaired) electrons. The molecule has 0 fully saturated rings. The molecule has 1 aliphatic rings. The number of ether oxygens (including phenoxy) is 1. The second-order valence-corrected chi connectivity index (χ2v) is 7.68. The Morgan fingerprint density at radius 1 is 0.861 bits per heavy atom. The van der Waals surface area contributed by atoms with Gasteiger partial charge in [0.15, 0.2) is 12.4 Å². The van der Waals surface area contributed by atoms with Crippen LogP contribution in [-0.2, 0) is 9.53 Å². The molecule has 0 bridgehead atoms. The minimum Gasteiger partial charge on any atom is -0.452 e. The highest BCUT2D eigenvalue weighted by Crippen LogP contribution is 2.35. The Hall–Kier alpha value is -5.26. The summed E-state index contributed by atoms with van der Waals surface area (Å²) in [6, 6.07) is 12.0. The van der Waals surface area contributed by atoms with E-state index in [0.29, 0.717) is 0 Å². The Morgan fingerprint density at radius 3 is 2.17 bits per heavy atom. The van der Waals surface area contributed by atoms with Crippen molar-refractivity contribution < 1.29 is 33.8 Å². The number of hydrogen-bond donors (Lipinski definition) is 1. The quantitative estimate of drug-likeness (QED) is 0.242. The summed E-state index contributed by atoms with van der Waals surface area (Å²) in [6.07, 6.45) is 0. The number of benzene rings is 3. The van der Waals surface area contributed by atoms with Crippen LogP contribution in [-0.4, -0.2) is 39.9 Å². The highest BCUT2D eigenvalue weighted by atomic mass is 16.6. The Bertz CT molecular complexity index is 1510. The maximum Gasteiger partial charge on any atom is 0.345 e. The van der Waals surface area contributed by atoms with Crippen LogP contribution in [0.2, 0.25) is 0 Å². The van der Waals surface area contributed by atoms with Crippen molar-refractivity contribution in [3.05, 3.63) is 108 Å². The van der Waals surface area contributed by atoms with Crippen molar-refractivity contribution in [2.45, 2.75) is 6.92 Å². The van der Waals surface area contributed by atoms with Crippen molar-refractivity contribution >= 4 is 40.5 Å². The van der Waals surface area contributed by atoms with Gasteiger partial charge in [0.2, 0.25) is 5.78 Å². The molecule has 0 aromatic heterocycles. The van der Waals surface area contributed by atoms with Gasteiger partial charge >= 0.3 is 5.97 Å². The van der Waals surface area contributed by atoms with Crippen LogP contribution in [0.1, 0.15) is 47.8 Å². The standard InChI is InChI=1S/C24H15N3O9/c1-12-17(7-4-8-18(12)26(32)33)25-19(28)11-36-24(31)16-10-9-15-20(21(16)27(34)35)23(30)14-6-3-2-5-13(14)22(15)29/h2-10H,11H2,1H3,(H,25,28). The molecule has 0 heterocycles. The molecule has 12 heteroatoms. The van der Waals surface area contributed by atoms with E-state index < -0.39 is 56.7 Å². The number of carbonyl (C=O) groups excluding carboxylic acids is 4. The van der Waals surface area contributed by atoms with Crippen molar-refractivity contribution in [1.82, 2.24) is 0 Å². The van der Waals surface area contributed by atoms with Crippen molar-refractivity contribution in [2.24, 2.45) is 0 Å². The van der Waals surface area contributed by atoms with Crippen molar-refractivity contribution in [2.75, 3.05) is 11.9 Å². The van der Waals surface area contributed by atoms with Crippen LogP contribution in [0.5, 0.6) is 0 Å². The predicted octanol–water partition coefficient (Wildman–Crippen LogP) is 3.38. The molecule has 36 heavy (non-hydrogen) atoms. The maximum absolute atomic E-state index is 13.0. The van der Waals surface area contributed by atoms with Gasteiger partial charge in [0.25, 0.3) is 17.3 Å². The summed E-state index contributed by atoms with van der Waals surface area (Å²) in [5.41, 5.74) is -2.14. The molecular weight excluding hydrogens is 474 g/mol. The second-order valence-electron chi connectivity index (χ2n) is 7.68. The van der Waals surface area contributed by atoms with E-state index in [4.69, 9.17) is 4.74 Å². The van der Waals surface area contributed by atoms with Gasteiger partial charge in [-0.05, 0) is 25.1 Å². The third-order valence-electron chi connectivity index (χ3n) is 5.58. The molecule has 0 atom stereocenters. The van der Waals surface area contributed by atoms with Crippen LogP contribution < -0.4 is 5.32 Å². The Labute approximate surface area is 201 Å². The number of carbonyl (C=O) groups is 4. The summed E-state index contributed by atoms with van der Waals surface area (Å²) >= 11 is 0. The number of rotatable bonds is 6. The van der Waals surface area contributed by atoms with Gasteiger partial charge < -0.3 is 10.1 Å². The van der Waals surface area contributed by atoms with Gasteiger partial charge in [-0.2, -0.15) is 0 Å². The number of nitro groups is 2. The minimum absolute atomic E-state index is 0.0321. The first-order valence-electron chi connectivity index (χ1n) is 10.3. The van der Waals surface area contributed by atoms with E-state index in [1.807, 2.05) is 0 Å². The fourth-order valence-corrected chi connectivity index (χ4v) is 3.88. The summed E-state index contributed by atoms with van der Waals surface area (Å²) in [5, 5.41) is 25.3. The molecule has 3 aromatic rings. The lowest BCUT2D eigenvalue weighted by molar-refractivity contribution is -0.385. The fraction of sp³-hybridized carbons (Fsp3) is 0.0833. The van der Waals surface area contributed by atoms with Crippen LogP contribution in [0, 0.1) is 27.2 Å². The number of anilines is 1. The number of nitro benzene ring substituents is 2. The molecule has 4 rings (SSSR count). The van der Waals surface area contributed by atoms with Gasteiger partial charge in [0, 0.05) is 22.8 Å². The van der Waals surface area contributed by atoms with E-state index >= 15 is 0 Å². The van der Waals surface area contributed by atoms with Crippen LogP contribution in [0.3, 0.4) is 0 Å². The van der Waals surface area contributed by atoms with Crippen LogP contribution >= 0.6 is 0 Å². The van der Waals surface area contributed by atoms with E-state index in [-0.39, 0.29) is 33.6 Å². The molecule has 0 aliphatic heterocycles. The first-order chi connectivity index (χ1) is 17.1. The van der Waals surface area contributed by atoms with Crippen molar-refractivity contribution in [3.8, 4) is 0 Å². The zero-order valence-electron chi connectivity index (χ0n) is 18.5. The molecule has 180 valence electrons. The molecule has 0 saturated carbocycles. The largest absolute Gasteiger partial charge is 0.452 e. The highest BCUT2D eigenvalue weighted by Gasteiger charge is 2.39. The summed E-state index contributed by atoms with van der Waals surface area (Å²) < 4.78 is 4.91. The van der Waals surface area contributed by atoms with Crippen LogP contribution in [0.4, 0.5) is 17.1 Å². The Balaban J connectivity index is 1.59. The molecule has 12 nitrogen and oxygen atoms in total. The van der Waals surface area contributed by atoms with Gasteiger partial charge in [0.1, 0.15) is 11.1 Å². The summed E-state index contributed by atoms with van der Waals surface area (Å²) in [5.74, 6) is -3.52. The SMILES string of the molecule is Cc1c(NC(=O)COC(=O)c2ccc3c(c2[N+](=O)[O-])C(=O)c2ccccc2C3=O)cccc1[N+](=O)[O-]. The van der Waals surface area contributed by atoms with E-state index in [1.165, 1.54) is 43.3 Å². The zero-order valence-corrected chi connectivity index (χ0v) is 18.5. The smallest absolute Gasteiger partial charge is 0.345 e. The Morgan fingerprint density at radius 2 is 1.53 bits per heavy atom. The molecule has 0 spiro atoms. The Kier molecular flexibility index (Phi) is 6.09. The van der Waals surface area contributed by atoms with Gasteiger partial charge in [0.05, 0.1) is 21.1 Å². The average Bonchev–Trinajstić information content (AvgIpc) is 2.86. The topological polar surface area (TPSA) is 176 Å². The molecule has 1 N–H and O–H groups in total. The summed E-state index contributed by atoms with van der Waals surface area (Å²) in [6.45, 7) is 0.553. The van der Waals surface area contributed by atoms with Crippen molar-refractivity contribution in [3.63, 3.8) is 0 Å². The second kappa shape index (κ2) is 9.18. The average molecular weight is 489 g/mol. The summed E-state index contributed by atoms with van der Waals surface area (Å²) in [7, 11) is 0. The zero-order chi connectivity index (χ0) is 26.1. The third-order valence-corrected chi connectivity index (χ3v) is 5.58. The first kappa shape index (κ1) is 23.9. The van der Waals surface area contributed by atoms with E-state index in [2.05, 4.69) is 5.32 Å². The first-order valence-corrected chi connectivity index (χ1v) is 10.3. The number of nitrogens with zero attached hydrogens (tertiary/aromatic N) is 2. The molecule has 0 saturated heterocycles. The molecule has 1 aliphatic carbocycles. The molecular formula is C24H15N3O9. The lowest BCUT2D eigenvalue weighted by atomic mass is 9.82. The number of fused-ring (bicyclic) bond motifs is 2. The van der Waals surface area contributed by atoms with Crippen molar-refractivity contribution in [1.29, 1.82) is 0 Å². The van der Waals surface area contributed by atoms with E-state index in [1.54, 1.807) is 6.07 Å². The molecule has 0 unspecified atom stereocenters. The van der Waals surface area contributed by atoms with E-state index in [0.717, 1.165) is 12.1 Å². The number of ketones is 2. The van der Waals surface area contributed by atoms with Gasteiger partial charge in [-0.25, -0.2) is 4.79 Å². The van der Waals surface area contributed by atoms with Crippen LogP contribution in [0.25, 0.3) is 0 Å². The number of nitrogens with one attached hydrogen (secondary N) is 1. The third kappa shape index (κ3) is 4.07. The van der Waals surface area contributed by atoms with E-state index in [9.17, 15) is 39.4 Å². The van der Waals surface area contributed by atoms with Crippen LogP contribution in [0.15, 0.2) is 54.6 Å². The minimum atomic E-state index is -1.27. The van der Waals surface area contributed by atoms with Gasteiger partial charge in [-0.15, -0.1) is 0 Å². The van der Waals surface area contributed by atoms with Gasteiger partial charge in [-0.1, -0.05) is 30.3 Å². The number of esters is 1. The lowest BCUT2D eigenvalue weighted by Gasteiger charge is -2.18. The lowest BCUT2D eigenvalue weighted by Crippen LogP contribution is -2.25. The fourth-order valence-electron chi connectivity index (χ4n) is 3.88. The number of amides is 1. The van der Waals surface area contributed by atoms with Gasteiger partial charge in [-0.3, -0.25) is 34.6 Å². The maximum atomic E-state index is 13.0. The monoisotopic (exact) mass is 489 g/mol.